The van der Waals surface area contributed by atoms with Gasteiger partial charge >= 0.3 is 5.97 Å². The first-order valence-corrected chi connectivity index (χ1v) is 9.07. The number of esters is 1. The van der Waals surface area contributed by atoms with E-state index >= 15 is 0 Å². The molecular weight excluding hydrogens is 353 g/mol. The number of carbonyl (C=O) groups is 2. The summed E-state index contributed by atoms with van der Waals surface area (Å²) < 4.78 is 19.2. The van der Waals surface area contributed by atoms with Crippen LogP contribution in [0.25, 0.3) is 0 Å². The third-order valence-electron chi connectivity index (χ3n) is 3.06. The Balaban J connectivity index is 3.08. The third kappa shape index (κ3) is 5.98. The lowest BCUT2D eigenvalue weighted by Gasteiger charge is -2.21. The van der Waals surface area contributed by atoms with Gasteiger partial charge in [0.2, 0.25) is 5.91 Å². The minimum absolute atomic E-state index is 0.00365. The Labute approximate surface area is 151 Å². The van der Waals surface area contributed by atoms with E-state index in [1.54, 1.807) is 20.8 Å². The predicted octanol–water partition coefficient (Wildman–Crippen LogP) is 4.90. The summed E-state index contributed by atoms with van der Waals surface area (Å²) in [4.78, 5) is 24.3. The number of benzene rings is 1. The van der Waals surface area contributed by atoms with Crippen molar-refractivity contribution < 1.29 is 18.7 Å². The number of anilines is 1. The van der Waals surface area contributed by atoms with Gasteiger partial charge in [-0.3, -0.25) is 9.59 Å². The molecule has 1 rings (SSSR count). The van der Waals surface area contributed by atoms with Crippen molar-refractivity contribution >= 4 is 40.9 Å². The van der Waals surface area contributed by atoms with Crippen molar-refractivity contribution in [1.82, 2.24) is 0 Å². The van der Waals surface area contributed by atoms with Crippen LogP contribution in [0, 0.1) is 11.7 Å². The van der Waals surface area contributed by atoms with E-state index in [4.69, 9.17) is 16.3 Å². The van der Waals surface area contributed by atoms with Gasteiger partial charge in [-0.1, -0.05) is 32.4 Å². The Morgan fingerprint density at radius 3 is 2.42 bits per heavy atom. The highest BCUT2D eigenvalue weighted by molar-refractivity contribution is 8.00. The van der Waals surface area contributed by atoms with E-state index in [1.165, 1.54) is 17.8 Å². The second-order valence-corrected chi connectivity index (χ2v) is 7.52. The van der Waals surface area contributed by atoms with Crippen molar-refractivity contribution in [3.8, 4) is 0 Å². The van der Waals surface area contributed by atoms with Crippen molar-refractivity contribution in [1.29, 1.82) is 0 Å². The molecule has 0 bridgehead atoms. The second-order valence-electron chi connectivity index (χ2n) is 5.93. The van der Waals surface area contributed by atoms with E-state index in [-0.39, 0.29) is 41.0 Å². The van der Waals surface area contributed by atoms with Crippen LogP contribution in [0.1, 0.15) is 41.0 Å². The zero-order chi connectivity index (χ0) is 18.4. The zero-order valence-corrected chi connectivity index (χ0v) is 16.1. The Kier molecular flexibility index (Phi) is 8.03. The summed E-state index contributed by atoms with van der Waals surface area (Å²) in [7, 11) is 0. The number of rotatable bonds is 7. The van der Waals surface area contributed by atoms with Gasteiger partial charge in [0.15, 0.2) is 0 Å². The van der Waals surface area contributed by atoms with E-state index in [9.17, 15) is 14.0 Å². The van der Waals surface area contributed by atoms with Crippen molar-refractivity contribution in [2.24, 2.45) is 5.92 Å². The Bertz CT molecular complexity index is 608. The fourth-order valence-corrected chi connectivity index (χ4v) is 3.19. The number of ether oxygens (including phenoxy) is 1. The normalized spacial score (nSPS) is 12.4. The summed E-state index contributed by atoms with van der Waals surface area (Å²) in [5.74, 6) is -1.26. The Morgan fingerprint density at radius 1 is 1.29 bits per heavy atom. The van der Waals surface area contributed by atoms with Gasteiger partial charge in [-0.2, -0.15) is 0 Å². The lowest BCUT2D eigenvalue weighted by Crippen LogP contribution is -2.27. The molecule has 1 aromatic carbocycles. The van der Waals surface area contributed by atoms with E-state index in [0.29, 0.717) is 4.90 Å². The average Bonchev–Trinajstić information content (AvgIpc) is 2.47. The molecule has 7 heteroatoms. The van der Waals surface area contributed by atoms with Crippen molar-refractivity contribution in [3.05, 3.63) is 23.0 Å². The van der Waals surface area contributed by atoms with Crippen LogP contribution in [0.15, 0.2) is 17.0 Å². The van der Waals surface area contributed by atoms with E-state index < -0.39 is 11.1 Å². The number of hydrogen-bond donors (Lipinski definition) is 1. The number of nitrogens with one attached hydrogen (secondary N) is 1. The first-order valence-electron chi connectivity index (χ1n) is 7.81. The molecular formula is C17H23ClFNO3S. The quantitative estimate of drug-likeness (QED) is 0.544. The molecule has 134 valence electrons. The molecule has 0 saturated carbocycles. The zero-order valence-electron chi connectivity index (χ0n) is 14.5. The van der Waals surface area contributed by atoms with Gasteiger partial charge in [0, 0.05) is 11.3 Å². The molecule has 0 heterocycles. The molecule has 0 fully saturated rings. The van der Waals surface area contributed by atoms with Gasteiger partial charge in [-0.15, -0.1) is 11.8 Å². The van der Waals surface area contributed by atoms with Gasteiger partial charge in [0.1, 0.15) is 11.1 Å². The predicted molar refractivity (Wildman–Crippen MR) is 96.0 cm³/mol. The van der Waals surface area contributed by atoms with Gasteiger partial charge in [0.05, 0.1) is 16.8 Å². The summed E-state index contributed by atoms with van der Waals surface area (Å²) in [6, 6.07) is 2.59. The first-order chi connectivity index (χ1) is 11.1. The van der Waals surface area contributed by atoms with Crippen molar-refractivity contribution in [3.63, 3.8) is 0 Å². The van der Waals surface area contributed by atoms with Gasteiger partial charge in [-0.25, -0.2) is 4.39 Å². The van der Waals surface area contributed by atoms with Crippen molar-refractivity contribution in [2.75, 3.05) is 5.32 Å². The molecule has 0 spiro atoms. The van der Waals surface area contributed by atoms with Gasteiger partial charge in [-0.05, 0) is 31.9 Å². The lowest BCUT2D eigenvalue weighted by molar-refractivity contribution is -0.147. The van der Waals surface area contributed by atoms with Crippen LogP contribution in [0.5, 0.6) is 0 Å². The standard InChI is InChI=1S/C17H23ClFNO3S/c1-6-15(21)20-13-8-14(11(18)7-12(13)19)24-16(9(2)3)17(22)23-10(4)5/h7-10,16H,6H2,1-5H3,(H,20,21). The molecule has 24 heavy (non-hydrogen) atoms. The largest absolute Gasteiger partial charge is 0.462 e. The number of hydrogen-bond acceptors (Lipinski definition) is 4. The summed E-state index contributed by atoms with van der Waals surface area (Å²) in [5.41, 5.74) is 0.0495. The lowest BCUT2D eigenvalue weighted by atomic mass is 10.1. The monoisotopic (exact) mass is 375 g/mol. The van der Waals surface area contributed by atoms with Crippen LogP contribution in [-0.2, 0) is 14.3 Å². The highest BCUT2D eigenvalue weighted by Gasteiger charge is 2.27. The molecule has 0 radical (unpaired) electrons. The van der Waals surface area contributed by atoms with Crippen LogP contribution < -0.4 is 5.32 Å². The third-order valence-corrected chi connectivity index (χ3v) is 5.07. The summed E-state index contributed by atoms with van der Waals surface area (Å²) >= 11 is 7.31. The maximum absolute atomic E-state index is 14.0. The molecule has 0 aromatic heterocycles. The van der Waals surface area contributed by atoms with E-state index in [2.05, 4.69) is 5.32 Å². The topological polar surface area (TPSA) is 55.4 Å². The maximum Gasteiger partial charge on any atom is 0.319 e. The average molecular weight is 376 g/mol. The number of amides is 1. The molecule has 1 unspecified atom stereocenters. The van der Waals surface area contributed by atoms with Gasteiger partial charge in [0.25, 0.3) is 0 Å². The van der Waals surface area contributed by atoms with Gasteiger partial charge < -0.3 is 10.1 Å². The molecule has 1 aromatic rings. The summed E-state index contributed by atoms with van der Waals surface area (Å²) in [5, 5.41) is 2.20. The summed E-state index contributed by atoms with van der Waals surface area (Å²) in [6.45, 7) is 9.04. The molecule has 1 amide bonds. The van der Waals surface area contributed by atoms with Crippen LogP contribution >= 0.6 is 23.4 Å². The smallest absolute Gasteiger partial charge is 0.319 e. The molecule has 0 aliphatic heterocycles. The minimum Gasteiger partial charge on any atom is -0.462 e. The molecule has 0 aliphatic rings. The maximum atomic E-state index is 14.0. The fraction of sp³-hybridized carbons (Fsp3) is 0.529. The van der Waals surface area contributed by atoms with Crippen LogP contribution in [0.4, 0.5) is 10.1 Å². The van der Waals surface area contributed by atoms with Crippen LogP contribution in [0.3, 0.4) is 0 Å². The fourth-order valence-electron chi connectivity index (χ4n) is 1.85. The van der Waals surface area contributed by atoms with Crippen molar-refractivity contribution in [2.45, 2.75) is 57.3 Å². The van der Waals surface area contributed by atoms with Crippen LogP contribution in [0.2, 0.25) is 5.02 Å². The minimum atomic E-state index is -0.614. The highest BCUT2D eigenvalue weighted by atomic mass is 35.5. The highest BCUT2D eigenvalue weighted by Crippen LogP contribution is 2.37. The molecule has 0 aliphatic carbocycles. The number of carbonyl (C=O) groups excluding carboxylic acids is 2. The SMILES string of the molecule is CCC(=O)Nc1cc(SC(C(=O)OC(C)C)C(C)C)c(Cl)cc1F. The van der Waals surface area contributed by atoms with E-state index in [0.717, 1.165) is 6.07 Å². The number of thioether (sulfide) groups is 1. The second kappa shape index (κ2) is 9.28. The van der Waals surface area contributed by atoms with E-state index in [1.807, 2.05) is 13.8 Å². The number of halogens is 2. The molecule has 1 atom stereocenters. The molecule has 4 nitrogen and oxygen atoms in total. The Hall–Kier alpha value is -1.27. The molecule has 0 saturated heterocycles. The summed E-state index contributed by atoms with van der Waals surface area (Å²) in [6.07, 6.45) is 0.0160. The molecule has 1 N–H and O–H groups in total. The van der Waals surface area contributed by atoms with Crippen LogP contribution in [-0.4, -0.2) is 23.2 Å². The Morgan fingerprint density at radius 2 is 1.92 bits per heavy atom. The first kappa shape index (κ1) is 20.8.